The van der Waals surface area contributed by atoms with E-state index in [4.69, 9.17) is 0 Å². The fourth-order valence-corrected chi connectivity index (χ4v) is 6.37. The number of nitrogens with one attached hydrogen (secondary N) is 1. The van der Waals surface area contributed by atoms with Gasteiger partial charge in [-0.2, -0.15) is 4.31 Å². The first-order chi connectivity index (χ1) is 14.9. The lowest BCUT2D eigenvalue weighted by molar-refractivity contribution is -0.121. The summed E-state index contributed by atoms with van der Waals surface area (Å²) in [7, 11) is -1.56. The zero-order chi connectivity index (χ0) is 21.8. The van der Waals surface area contributed by atoms with Crippen molar-refractivity contribution in [3.8, 4) is 0 Å². The monoisotopic (exact) mass is 446 g/mol. The molecule has 0 spiro atoms. The number of amides is 1. The highest BCUT2D eigenvalue weighted by atomic mass is 32.2. The Labute approximate surface area is 185 Å². The van der Waals surface area contributed by atoms with Crippen LogP contribution in [0.3, 0.4) is 0 Å². The maximum absolute atomic E-state index is 13.0. The minimum absolute atomic E-state index is 0.0611. The second-order valence-electron chi connectivity index (χ2n) is 9.01. The molecule has 8 heteroatoms. The van der Waals surface area contributed by atoms with E-state index in [1.54, 1.807) is 16.4 Å². The Bertz CT molecular complexity index is 1020. The molecule has 2 aromatic rings. The minimum Gasteiger partial charge on any atom is -0.356 e. The standard InChI is InChI=1S/C23H34N4O3S/c1-26-21-11-10-19(31(29,30)27-14-6-3-7-15-27)16-20(21)25-22(26)12-13-23(28)24-17-18-8-4-2-5-9-18/h10-11,16,18H,2-9,12-15,17H2,1H3,(H,24,28). The summed E-state index contributed by atoms with van der Waals surface area (Å²) in [5.74, 6) is 1.48. The molecular weight excluding hydrogens is 412 g/mol. The molecule has 7 nitrogen and oxygen atoms in total. The molecule has 0 radical (unpaired) electrons. The predicted molar refractivity (Wildman–Crippen MR) is 121 cm³/mol. The molecule has 0 bridgehead atoms. The van der Waals surface area contributed by atoms with Gasteiger partial charge >= 0.3 is 0 Å². The molecule has 1 aromatic heterocycles. The van der Waals surface area contributed by atoms with Crippen molar-refractivity contribution in [3.63, 3.8) is 0 Å². The number of nitrogens with zero attached hydrogens (tertiary/aromatic N) is 3. The molecule has 1 saturated heterocycles. The Hall–Kier alpha value is -1.93. The van der Waals surface area contributed by atoms with Crippen LogP contribution in [-0.2, 0) is 28.3 Å². The van der Waals surface area contributed by atoms with Gasteiger partial charge in [-0.15, -0.1) is 0 Å². The summed E-state index contributed by atoms with van der Waals surface area (Å²) in [6.45, 7) is 1.95. The second-order valence-corrected chi connectivity index (χ2v) is 10.9. The fourth-order valence-electron chi connectivity index (χ4n) is 4.83. The third kappa shape index (κ3) is 5.12. The van der Waals surface area contributed by atoms with Crippen molar-refractivity contribution in [2.45, 2.75) is 69.1 Å². The van der Waals surface area contributed by atoms with Crippen molar-refractivity contribution in [3.05, 3.63) is 24.0 Å². The molecule has 2 heterocycles. The van der Waals surface area contributed by atoms with Gasteiger partial charge in [-0.3, -0.25) is 4.79 Å². The van der Waals surface area contributed by atoms with Crippen LogP contribution in [0.5, 0.6) is 0 Å². The quantitative estimate of drug-likeness (QED) is 0.707. The van der Waals surface area contributed by atoms with Crippen molar-refractivity contribution in [1.82, 2.24) is 19.2 Å². The van der Waals surface area contributed by atoms with Gasteiger partial charge < -0.3 is 9.88 Å². The van der Waals surface area contributed by atoms with E-state index in [-0.39, 0.29) is 5.91 Å². The minimum atomic E-state index is -3.48. The summed E-state index contributed by atoms with van der Waals surface area (Å²) in [5, 5.41) is 3.08. The number of imidazole rings is 1. The number of hydrogen-bond acceptors (Lipinski definition) is 4. The number of hydrogen-bond donors (Lipinski definition) is 1. The Morgan fingerprint density at radius 3 is 2.55 bits per heavy atom. The third-order valence-electron chi connectivity index (χ3n) is 6.79. The molecule has 1 amide bonds. The summed E-state index contributed by atoms with van der Waals surface area (Å²) < 4.78 is 29.5. The van der Waals surface area contributed by atoms with Crippen LogP contribution in [0, 0.1) is 5.92 Å². The van der Waals surface area contributed by atoms with Crippen LogP contribution in [0.15, 0.2) is 23.1 Å². The van der Waals surface area contributed by atoms with Gasteiger partial charge in [0.15, 0.2) is 0 Å². The Kier molecular flexibility index (Phi) is 6.96. The highest BCUT2D eigenvalue weighted by Gasteiger charge is 2.26. The van der Waals surface area contributed by atoms with Crippen LogP contribution >= 0.6 is 0 Å². The molecule has 1 aliphatic carbocycles. The largest absolute Gasteiger partial charge is 0.356 e. The van der Waals surface area contributed by atoms with E-state index in [0.29, 0.717) is 42.3 Å². The van der Waals surface area contributed by atoms with E-state index in [1.807, 2.05) is 17.7 Å². The van der Waals surface area contributed by atoms with Gasteiger partial charge in [0.2, 0.25) is 15.9 Å². The Morgan fingerprint density at radius 1 is 1.10 bits per heavy atom. The van der Waals surface area contributed by atoms with Crippen molar-refractivity contribution in [1.29, 1.82) is 0 Å². The fraction of sp³-hybridized carbons (Fsp3) is 0.652. The average molecular weight is 447 g/mol. The molecule has 1 N–H and O–H groups in total. The molecule has 2 aliphatic rings. The third-order valence-corrected chi connectivity index (χ3v) is 8.68. The van der Waals surface area contributed by atoms with Gasteiger partial charge in [0.25, 0.3) is 0 Å². The van der Waals surface area contributed by atoms with Crippen LogP contribution < -0.4 is 5.32 Å². The van der Waals surface area contributed by atoms with E-state index in [2.05, 4.69) is 10.3 Å². The number of rotatable bonds is 7. The van der Waals surface area contributed by atoms with E-state index in [0.717, 1.165) is 37.1 Å². The lowest BCUT2D eigenvalue weighted by Crippen LogP contribution is -2.35. The molecule has 1 saturated carbocycles. The molecule has 1 aliphatic heterocycles. The molecule has 31 heavy (non-hydrogen) atoms. The van der Waals surface area contributed by atoms with Gasteiger partial charge in [0.05, 0.1) is 15.9 Å². The van der Waals surface area contributed by atoms with Crippen molar-refractivity contribution in [2.24, 2.45) is 13.0 Å². The van der Waals surface area contributed by atoms with Crippen LogP contribution in [0.25, 0.3) is 11.0 Å². The first-order valence-corrected chi connectivity index (χ1v) is 13.1. The van der Waals surface area contributed by atoms with Crippen LogP contribution in [0.1, 0.15) is 63.6 Å². The number of sulfonamides is 1. The van der Waals surface area contributed by atoms with E-state index < -0.39 is 10.0 Å². The van der Waals surface area contributed by atoms with Gasteiger partial charge in [0, 0.05) is 39.5 Å². The number of aromatic nitrogens is 2. The number of piperidine rings is 1. The highest BCUT2D eigenvalue weighted by Crippen LogP contribution is 2.25. The summed E-state index contributed by atoms with van der Waals surface area (Å²) in [4.78, 5) is 17.3. The molecule has 4 rings (SSSR count). The number of fused-ring (bicyclic) bond motifs is 1. The van der Waals surface area contributed by atoms with Gasteiger partial charge in [0.1, 0.15) is 5.82 Å². The number of carbonyl (C=O) groups is 1. The molecule has 1 aromatic carbocycles. The Balaban J connectivity index is 1.41. The summed E-state index contributed by atoms with van der Waals surface area (Å²) in [5.41, 5.74) is 1.55. The lowest BCUT2D eigenvalue weighted by atomic mass is 9.89. The number of benzene rings is 1. The van der Waals surface area contributed by atoms with Crippen LogP contribution in [-0.4, -0.2) is 47.8 Å². The maximum atomic E-state index is 13.0. The topological polar surface area (TPSA) is 84.3 Å². The highest BCUT2D eigenvalue weighted by molar-refractivity contribution is 7.89. The molecule has 2 fully saturated rings. The first kappa shape index (κ1) is 22.3. The number of carbonyl (C=O) groups excluding carboxylic acids is 1. The van der Waals surface area contributed by atoms with E-state index in [9.17, 15) is 13.2 Å². The zero-order valence-corrected chi connectivity index (χ0v) is 19.3. The van der Waals surface area contributed by atoms with Gasteiger partial charge in [-0.25, -0.2) is 13.4 Å². The SMILES string of the molecule is Cn1c(CCC(=O)NCC2CCCCC2)nc2cc(S(=O)(=O)N3CCCCC3)ccc21. The predicted octanol–water partition coefficient (Wildman–Crippen LogP) is 3.38. The van der Waals surface area contributed by atoms with Crippen molar-refractivity contribution >= 4 is 27.0 Å². The summed E-state index contributed by atoms with van der Waals surface area (Å²) >= 11 is 0. The van der Waals surface area contributed by atoms with E-state index in [1.165, 1.54) is 32.1 Å². The Morgan fingerprint density at radius 2 is 1.81 bits per heavy atom. The maximum Gasteiger partial charge on any atom is 0.243 e. The molecule has 0 unspecified atom stereocenters. The zero-order valence-electron chi connectivity index (χ0n) is 18.5. The van der Waals surface area contributed by atoms with Crippen molar-refractivity contribution in [2.75, 3.05) is 19.6 Å². The average Bonchev–Trinajstić information content (AvgIpc) is 3.12. The van der Waals surface area contributed by atoms with Gasteiger partial charge in [-0.1, -0.05) is 25.7 Å². The molecule has 0 atom stereocenters. The van der Waals surface area contributed by atoms with Crippen LogP contribution in [0.4, 0.5) is 0 Å². The van der Waals surface area contributed by atoms with E-state index >= 15 is 0 Å². The van der Waals surface area contributed by atoms with Crippen LogP contribution in [0.2, 0.25) is 0 Å². The lowest BCUT2D eigenvalue weighted by Gasteiger charge is -2.25. The van der Waals surface area contributed by atoms with Crippen molar-refractivity contribution < 1.29 is 13.2 Å². The normalized spacial score (nSPS) is 19.0. The second kappa shape index (κ2) is 9.69. The van der Waals surface area contributed by atoms with Gasteiger partial charge in [-0.05, 0) is 49.8 Å². The summed E-state index contributed by atoms with van der Waals surface area (Å²) in [6, 6.07) is 5.17. The first-order valence-electron chi connectivity index (χ1n) is 11.7. The summed E-state index contributed by atoms with van der Waals surface area (Å²) in [6.07, 6.45) is 10.1. The molecular formula is C23H34N4O3S. The number of aryl methyl sites for hydroxylation is 2. The smallest absolute Gasteiger partial charge is 0.243 e. The molecule has 170 valence electrons.